The summed E-state index contributed by atoms with van der Waals surface area (Å²) in [6, 6.07) is 4.86. The molecule has 23 heavy (non-hydrogen) atoms. The van der Waals surface area contributed by atoms with Gasteiger partial charge in [0, 0.05) is 0 Å². The van der Waals surface area contributed by atoms with Crippen LogP contribution in [0.3, 0.4) is 0 Å². The van der Waals surface area contributed by atoms with Crippen LogP contribution in [0.2, 0.25) is 0 Å². The molecule has 1 aliphatic rings. The molecule has 0 aromatic heterocycles. The molecule has 0 spiro atoms. The van der Waals surface area contributed by atoms with Gasteiger partial charge in [-0.2, -0.15) is 0 Å². The smallest absolute Gasteiger partial charge is 0.161 e. The molecule has 2 rings (SSSR count). The summed E-state index contributed by atoms with van der Waals surface area (Å²) in [5, 5.41) is 48.3. The fourth-order valence-electron chi connectivity index (χ4n) is 2.46. The molecule has 128 valence electrons. The molecule has 1 aromatic carbocycles. The van der Waals surface area contributed by atoms with Gasteiger partial charge in [0.05, 0.1) is 6.61 Å². The SMILES string of the molecule is C=CCc1ccc(O)c(OC[C@H]2O[C@H](CO)[C@@H](O)[C@H](O)[C@H]2O)c1. The number of aliphatic hydroxyl groups excluding tert-OH is 4. The monoisotopic (exact) mass is 326 g/mol. The summed E-state index contributed by atoms with van der Waals surface area (Å²) < 4.78 is 10.8. The van der Waals surface area contributed by atoms with E-state index in [-0.39, 0.29) is 18.1 Å². The highest BCUT2D eigenvalue weighted by molar-refractivity contribution is 5.42. The summed E-state index contributed by atoms with van der Waals surface area (Å²) in [5.74, 6) is 0.142. The van der Waals surface area contributed by atoms with E-state index in [4.69, 9.17) is 14.6 Å². The number of hydrogen-bond donors (Lipinski definition) is 5. The van der Waals surface area contributed by atoms with Crippen molar-refractivity contribution in [1.29, 1.82) is 0 Å². The van der Waals surface area contributed by atoms with Crippen molar-refractivity contribution in [2.24, 2.45) is 0 Å². The molecule has 0 amide bonds. The Morgan fingerprint density at radius 2 is 1.83 bits per heavy atom. The first-order chi connectivity index (χ1) is 11.0. The van der Waals surface area contributed by atoms with Crippen LogP contribution in [0.25, 0.3) is 0 Å². The molecule has 1 saturated heterocycles. The van der Waals surface area contributed by atoms with Gasteiger partial charge >= 0.3 is 0 Å². The van der Waals surface area contributed by atoms with Crippen LogP contribution in [0, 0.1) is 0 Å². The van der Waals surface area contributed by atoms with Gasteiger partial charge in [-0.15, -0.1) is 6.58 Å². The Labute approximate surface area is 134 Å². The minimum absolute atomic E-state index is 0.0672. The quantitative estimate of drug-likeness (QED) is 0.440. The van der Waals surface area contributed by atoms with E-state index in [1.807, 2.05) is 0 Å². The standard InChI is InChI=1S/C16H22O7/c1-2-3-9-4-5-10(18)11(6-9)22-8-13-15(20)16(21)14(19)12(7-17)23-13/h2,4-6,12-21H,1,3,7-8H2/t12-,13-,14-,15+,16+/m1/s1. The molecule has 0 bridgehead atoms. The highest BCUT2D eigenvalue weighted by atomic mass is 16.6. The zero-order valence-electron chi connectivity index (χ0n) is 12.6. The van der Waals surface area contributed by atoms with Crippen LogP contribution in [-0.4, -0.2) is 69.3 Å². The predicted molar refractivity (Wildman–Crippen MR) is 81.3 cm³/mol. The van der Waals surface area contributed by atoms with Crippen molar-refractivity contribution in [2.75, 3.05) is 13.2 Å². The van der Waals surface area contributed by atoms with Gasteiger partial charge in [0.25, 0.3) is 0 Å². The molecule has 1 heterocycles. The second kappa shape index (κ2) is 7.76. The molecular weight excluding hydrogens is 304 g/mol. The Kier molecular flexibility index (Phi) is 5.97. The Hall–Kier alpha value is -1.64. The van der Waals surface area contributed by atoms with Gasteiger partial charge in [-0.1, -0.05) is 12.1 Å². The number of ether oxygens (including phenoxy) is 2. The van der Waals surface area contributed by atoms with Crippen LogP contribution in [0.15, 0.2) is 30.9 Å². The highest BCUT2D eigenvalue weighted by Crippen LogP contribution is 2.29. The number of benzene rings is 1. The number of aliphatic hydroxyl groups is 4. The molecule has 1 aromatic rings. The maximum atomic E-state index is 9.93. The largest absolute Gasteiger partial charge is 0.504 e. The second-order valence-electron chi connectivity index (χ2n) is 5.47. The van der Waals surface area contributed by atoms with E-state index in [1.165, 1.54) is 6.07 Å². The molecule has 5 N–H and O–H groups in total. The Bertz CT molecular complexity index is 531. The second-order valence-corrected chi connectivity index (χ2v) is 5.47. The molecule has 0 saturated carbocycles. The average Bonchev–Trinajstić information content (AvgIpc) is 2.55. The van der Waals surface area contributed by atoms with Crippen LogP contribution in [-0.2, 0) is 11.2 Å². The first-order valence-electron chi connectivity index (χ1n) is 7.34. The van der Waals surface area contributed by atoms with Crippen molar-refractivity contribution in [1.82, 2.24) is 0 Å². The first kappa shape index (κ1) is 17.7. The molecule has 7 heteroatoms. The third-order valence-corrected chi connectivity index (χ3v) is 3.80. The van der Waals surface area contributed by atoms with Gasteiger partial charge < -0.3 is 35.0 Å². The summed E-state index contributed by atoms with van der Waals surface area (Å²) in [6.07, 6.45) is -3.84. The van der Waals surface area contributed by atoms with Gasteiger partial charge in [0.1, 0.15) is 37.1 Å². The first-order valence-corrected chi connectivity index (χ1v) is 7.34. The summed E-state index contributed by atoms with van der Waals surface area (Å²) in [7, 11) is 0. The molecule has 0 aliphatic carbocycles. The Morgan fingerprint density at radius 1 is 1.13 bits per heavy atom. The van der Waals surface area contributed by atoms with Gasteiger partial charge in [0.2, 0.25) is 0 Å². The van der Waals surface area contributed by atoms with E-state index < -0.39 is 37.1 Å². The lowest BCUT2D eigenvalue weighted by atomic mass is 9.95. The van der Waals surface area contributed by atoms with E-state index in [0.717, 1.165) is 5.56 Å². The highest BCUT2D eigenvalue weighted by Gasteiger charge is 2.43. The molecule has 1 fully saturated rings. The lowest BCUT2D eigenvalue weighted by Gasteiger charge is -2.39. The molecule has 7 nitrogen and oxygen atoms in total. The van der Waals surface area contributed by atoms with Crippen LogP contribution >= 0.6 is 0 Å². The third kappa shape index (κ3) is 4.01. The zero-order chi connectivity index (χ0) is 17.0. The lowest BCUT2D eigenvalue weighted by molar-refractivity contribution is -0.234. The maximum Gasteiger partial charge on any atom is 0.161 e. The minimum atomic E-state index is -1.45. The Balaban J connectivity index is 2.04. The van der Waals surface area contributed by atoms with E-state index in [1.54, 1.807) is 18.2 Å². The summed E-state index contributed by atoms with van der Waals surface area (Å²) in [4.78, 5) is 0. The summed E-state index contributed by atoms with van der Waals surface area (Å²) >= 11 is 0. The van der Waals surface area contributed by atoms with Crippen LogP contribution < -0.4 is 4.74 Å². The minimum Gasteiger partial charge on any atom is -0.504 e. The molecule has 5 atom stereocenters. The fourth-order valence-corrected chi connectivity index (χ4v) is 2.46. The molecule has 1 aliphatic heterocycles. The van der Waals surface area contributed by atoms with Crippen molar-refractivity contribution < 1.29 is 35.0 Å². The van der Waals surface area contributed by atoms with Crippen LogP contribution in [0.4, 0.5) is 0 Å². The number of rotatable bonds is 6. The van der Waals surface area contributed by atoms with E-state index in [0.29, 0.717) is 6.42 Å². The van der Waals surface area contributed by atoms with Gasteiger partial charge in [-0.25, -0.2) is 0 Å². The zero-order valence-corrected chi connectivity index (χ0v) is 12.6. The van der Waals surface area contributed by atoms with E-state index in [9.17, 15) is 20.4 Å². The maximum absolute atomic E-state index is 9.93. The van der Waals surface area contributed by atoms with Crippen molar-refractivity contribution in [3.8, 4) is 11.5 Å². The van der Waals surface area contributed by atoms with Crippen molar-refractivity contribution in [3.63, 3.8) is 0 Å². The number of phenolic OH excluding ortho intramolecular Hbond substituents is 1. The van der Waals surface area contributed by atoms with Crippen LogP contribution in [0.5, 0.6) is 11.5 Å². The number of hydrogen-bond acceptors (Lipinski definition) is 7. The predicted octanol–water partition coefficient (Wildman–Crippen LogP) is -0.658. The number of phenols is 1. The van der Waals surface area contributed by atoms with Crippen molar-refractivity contribution >= 4 is 0 Å². The van der Waals surface area contributed by atoms with Crippen LogP contribution in [0.1, 0.15) is 5.56 Å². The van der Waals surface area contributed by atoms with Gasteiger partial charge in [0.15, 0.2) is 11.5 Å². The molecular formula is C16H22O7. The van der Waals surface area contributed by atoms with E-state index >= 15 is 0 Å². The third-order valence-electron chi connectivity index (χ3n) is 3.80. The van der Waals surface area contributed by atoms with E-state index in [2.05, 4.69) is 6.58 Å². The normalized spacial score (nSPS) is 30.9. The van der Waals surface area contributed by atoms with Gasteiger partial charge in [-0.05, 0) is 24.1 Å². The van der Waals surface area contributed by atoms with Gasteiger partial charge in [-0.3, -0.25) is 0 Å². The average molecular weight is 326 g/mol. The number of aromatic hydroxyl groups is 1. The Morgan fingerprint density at radius 3 is 2.48 bits per heavy atom. The van der Waals surface area contributed by atoms with Crippen molar-refractivity contribution in [3.05, 3.63) is 36.4 Å². The van der Waals surface area contributed by atoms with Crippen molar-refractivity contribution in [2.45, 2.75) is 36.9 Å². The summed E-state index contributed by atoms with van der Waals surface area (Å²) in [6.45, 7) is 2.98. The fraction of sp³-hybridized carbons (Fsp3) is 0.500. The molecule has 0 radical (unpaired) electrons. The lowest BCUT2D eigenvalue weighted by Crippen LogP contribution is -2.59. The summed E-state index contributed by atoms with van der Waals surface area (Å²) in [5.41, 5.74) is 0.890. The molecule has 0 unspecified atom stereocenters. The number of allylic oxidation sites excluding steroid dienone is 1. The topological polar surface area (TPSA) is 120 Å².